The summed E-state index contributed by atoms with van der Waals surface area (Å²) < 4.78 is 0. The molecule has 1 heterocycles. The van der Waals surface area contributed by atoms with Crippen LogP contribution in [0.2, 0.25) is 5.02 Å². The molecule has 25 heavy (non-hydrogen) atoms. The van der Waals surface area contributed by atoms with Gasteiger partial charge in [-0.15, -0.1) is 0 Å². The SMILES string of the molecule is CCC(CCNC(=NC)N(C)Cc1ccc(Cl)cc1)N1CCCC1=O. The van der Waals surface area contributed by atoms with E-state index in [-0.39, 0.29) is 0 Å². The van der Waals surface area contributed by atoms with Crippen LogP contribution >= 0.6 is 11.6 Å². The Bertz CT molecular complexity index is 588. The third kappa shape index (κ3) is 5.63. The number of guanidine groups is 1. The van der Waals surface area contributed by atoms with E-state index in [1.807, 2.05) is 36.2 Å². The lowest BCUT2D eigenvalue weighted by Gasteiger charge is -2.28. The van der Waals surface area contributed by atoms with Crippen molar-refractivity contribution in [1.82, 2.24) is 15.1 Å². The van der Waals surface area contributed by atoms with E-state index in [0.29, 0.717) is 18.4 Å². The molecular weight excluding hydrogens is 336 g/mol. The van der Waals surface area contributed by atoms with Crippen molar-refractivity contribution in [3.63, 3.8) is 0 Å². The van der Waals surface area contributed by atoms with E-state index >= 15 is 0 Å². The molecule has 2 rings (SSSR count). The van der Waals surface area contributed by atoms with Crippen LogP contribution < -0.4 is 5.32 Å². The number of halogens is 1. The zero-order chi connectivity index (χ0) is 18.2. The Hall–Kier alpha value is -1.75. The minimum Gasteiger partial charge on any atom is -0.356 e. The average molecular weight is 365 g/mol. The summed E-state index contributed by atoms with van der Waals surface area (Å²) in [6, 6.07) is 8.18. The molecule has 1 aromatic rings. The van der Waals surface area contributed by atoms with Crippen LogP contribution in [0.25, 0.3) is 0 Å². The summed E-state index contributed by atoms with van der Waals surface area (Å²) in [7, 11) is 3.81. The zero-order valence-corrected chi connectivity index (χ0v) is 16.2. The zero-order valence-electron chi connectivity index (χ0n) is 15.5. The van der Waals surface area contributed by atoms with Crippen LogP contribution in [0.15, 0.2) is 29.3 Å². The molecule has 1 unspecified atom stereocenters. The van der Waals surface area contributed by atoms with Gasteiger partial charge in [0.1, 0.15) is 0 Å². The van der Waals surface area contributed by atoms with Crippen molar-refractivity contribution in [2.24, 2.45) is 4.99 Å². The topological polar surface area (TPSA) is 47.9 Å². The lowest BCUT2D eigenvalue weighted by molar-refractivity contribution is -0.129. The maximum Gasteiger partial charge on any atom is 0.222 e. The highest BCUT2D eigenvalue weighted by Crippen LogP contribution is 2.17. The van der Waals surface area contributed by atoms with Crippen LogP contribution in [-0.4, -0.2) is 54.9 Å². The molecule has 1 aliphatic rings. The molecule has 1 aromatic carbocycles. The number of amides is 1. The van der Waals surface area contributed by atoms with Gasteiger partial charge in [0.2, 0.25) is 5.91 Å². The molecule has 1 atom stereocenters. The van der Waals surface area contributed by atoms with Gasteiger partial charge in [-0.2, -0.15) is 0 Å². The standard InChI is InChI=1S/C19H29ClN4O/c1-4-17(24-13-5-6-18(24)25)11-12-22-19(21-2)23(3)14-15-7-9-16(20)10-8-15/h7-10,17H,4-6,11-14H2,1-3H3,(H,21,22). The normalized spacial score (nSPS) is 16.2. The first-order valence-corrected chi connectivity index (χ1v) is 9.38. The number of hydrogen-bond donors (Lipinski definition) is 1. The monoisotopic (exact) mass is 364 g/mol. The Labute approximate surface area is 156 Å². The molecule has 0 saturated carbocycles. The van der Waals surface area contributed by atoms with E-state index in [0.717, 1.165) is 49.9 Å². The van der Waals surface area contributed by atoms with E-state index < -0.39 is 0 Å². The molecule has 0 bridgehead atoms. The Morgan fingerprint density at radius 3 is 2.68 bits per heavy atom. The Morgan fingerprint density at radius 1 is 1.40 bits per heavy atom. The van der Waals surface area contributed by atoms with E-state index in [4.69, 9.17) is 11.6 Å². The minimum absolute atomic E-state index is 0.302. The lowest BCUT2D eigenvalue weighted by atomic mass is 10.1. The van der Waals surface area contributed by atoms with Gasteiger partial charge < -0.3 is 15.1 Å². The fourth-order valence-electron chi connectivity index (χ4n) is 3.31. The summed E-state index contributed by atoms with van der Waals surface area (Å²) in [5.41, 5.74) is 1.18. The summed E-state index contributed by atoms with van der Waals surface area (Å²) in [5.74, 6) is 1.16. The smallest absolute Gasteiger partial charge is 0.222 e. The number of carbonyl (C=O) groups excluding carboxylic acids is 1. The third-order valence-corrected chi connectivity index (χ3v) is 4.94. The van der Waals surface area contributed by atoms with Gasteiger partial charge in [-0.1, -0.05) is 30.7 Å². The van der Waals surface area contributed by atoms with E-state index in [1.54, 1.807) is 7.05 Å². The molecule has 5 nitrogen and oxygen atoms in total. The molecule has 0 aliphatic carbocycles. The van der Waals surface area contributed by atoms with Gasteiger partial charge in [-0.05, 0) is 37.0 Å². The van der Waals surface area contributed by atoms with Crippen LogP contribution in [0.3, 0.4) is 0 Å². The first-order chi connectivity index (χ1) is 12.0. The summed E-state index contributed by atoms with van der Waals surface area (Å²) >= 11 is 5.94. The van der Waals surface area contributed by atoms with Crippen molar-refractivity contribution >= 4 is 23.5 Å². The van der Waals surface area contributed by atoms with Crippen LogP contribution in [0, 0.1) is 0 Å². The summed E-state index contributed by atoms with van der Waals surface area (Å²) in [6.45, 7) is 4.62. The van der Waals surface area contributed by atoms with Gasteiger partial charge in [0.05, 0.1) is 0 Å². The molecular formula is C19H29ClN4O. The molecule has 1 N–H and O–H groups in total. The van der Waals surface area contributed by atoms with Gasteiger partial charge in [0.15, 0.2) is 5.96 Å². The van der Waals surface area contributed by atoms with E-state index in [1.165, 1.54) is 5.56 Å². The fourth-order valence-corrected chi connectivity index (χ4v) is 3.44. The number of nitrogens with one attached hydrogen (secondary N) is 1. The second kappa shape index (κ2) is 9.66. The predicted octanol–water partition coefficient (Wildman–Crippen LogP) is 3.14. The van der Waals surface area contributed by atoms with Gasteiger partial charge in [-0.25, -0.2) is 0 Å². The van der Waals surface area contributed by atoms with Crippen molar-refractivity contribution in [1.29, 1.82) is 0 Å². The molecule has 138 valence electrons. The minimum atomic E-state index is 0.302. The van der Waals surface area contributed by atoms with E-state index in [9.17, 15) is 4.79 Å². The van der Waals surface area contributed by atoms with Crippen molar-refractivity contribution in [2.75, 3.05) is 27.2 Å². The predicted molar refractivity (Wildman–Crippen MR) is 104 cm³/mol. The molecule has 1 saturated heterocycles. The van der Waals surface area contributed by atoms with Crippen LogP contribution in [-0.2, 0) is 11.3 Å². The quantitative estimate of drug-likeness (QED) is 0.597. The number of rotatable bonds is 7. The van der Waals surface area contributed by atoms with Gasteiger partial charge in [0.25, 0.3) is 0 Å². The van der Waals surface area contributed by atoms with Crippen LogP contribution in [0.5, 0.6) is 0 Å². The maximum absolute atomic E-state index is 11.9. The number of carbonyl (C=O) groups is 1. The van der Waals surface area contributed by atoms with Gasteiger partial charge in [0, 0.05) is 51.2 Å². The number of likely N-dealkylation sites (tertiary alicyclic amines) is 1. The molecule has 0 radical (unpaired) electrons. The molecule has 0 aromatic heterocycles. The third-order valence-electron chi connectivity index (χ3n) is 4.69. The highest BCUT2D eigenvalue weighted by atomic mass is 35.5. The summed E-state index contributed by atoms with van der Waals surface area (Å²) in [5, 5.41) is 4.16. The number of hydrogen-bond acceptors (Lipinski definition) is 2. The average Bonchev–Trinajstić information content (AvgIpc) is 3.03. The Morgan fingerprint density at radius 2 is 2.12 bits per heavy atom. The molecule has 0 spiro atoms. The second-order valence-corrected chi connectivity index (χ2v) is 6.93. The second-order valence-electron chi connectivity index (χ2n) is 6.50. The number of aliphatic imine (C=N–C) groups is 1. The van der Waals surface area contributed by atoms with Crippen LogP contribution in [0.1, 0.15) is 38.2 Å². The Balaban J connectivity index is 1.82. The highest BCUT2D eigenvalue weighted by Gasteiger charge is 2.26. The first-order valence-electron chi connectivity index (χ1n) is 9.00. The van der Waals surface area contributed by atoms with Crippen molar-refractivity contribution < 1.29 is 4.79 Å². The fraction of sp³-hybridized carbons (Fsp3) is 0.579. The summed E-state index contributed by atoms with van der Waals surface area (Å²) in [4.78, 5) is 20.4. The van der Waals surface area contributed by atoms with Gasteiger partial charge in [-0.3, -0.25) is 9.79 Å². The molecule has 1 amide bonds. The lowest BCUT2D eigenvalue weighted by Crippen LogP contribution is -2.42. The number of benzene rings is 1. The van der Waals surface area contributed by atoms with E-state index in [2.05, 4.69) is 22.1 Å². The van der Waals surface area contributed by atoms with Crippen LogP contribution in [0.4, 0.5) is 0 Å². The van der Waals surface area contributed by atoms with Crippen molar-refractivity contribution in [3.05, 3.63) is 34.9 Å². The number of nitrogens with zero attached hydrogens (tertiary/aromatic N) is 3. The van der Waals surface area contributed by atoms with Crippen molar-refractivity contribution in [2.45, 2.75) is 45.2 Å². The van der Waals surface area contributed by atoms with Gasteiger partial charge >= 0.3 is 0 Å². The highest BCUT2D eigenvalue weighted by molar-refractivity contribution is 6.30. The maximum atomic E-state index is 11.9. The first kappa shape index (κ1) is 19.6. The van der Waals surface area contributed by atoms with Crippen molar-refractivity contribution in [3.8, 4) is 0 Å². The Kier molecular flexibility index (Phi) is 7.56. The largest absolute Gasteiger partial charge is 0.356 e. The molecule has 6 heteroatoms. The summed E-state index contributed by atoms with van der Waals surface area (Å²) in [6.07, 6.45) is 3.63. The molecule has 1 fully saturated rings. The molecule has 1 aliphatic heterocycles.